The fraction of sp³-hybridized carbons (Fsp3) is 0.417. The number of hydrogen-bond donors (Lipinski definition) is 2. The summed E-state index contributed by atoms with van der Waals surface area (Å²) in [7, 11) is 0. The monoisotopic (exact) mass is 310 g/mol. The van der Waals surface area contributed by atoms with Crippen molar-refractivity contribution in [2.24, 2.45) is 0 Å². The van der Waals surface area contributed by atoms with Gasteiger partial charge >= 0.3 is 12.1 Å². The highest BCUT2D eigenvalue weighted by atomic mass is 35.5. The van der Waals surface area contributed by atoms with Gasteiger partial charge in [0.2, 0.25) is 0 Å². The van der Waals surface area contributed by atoms with Crippen molar-refractivity contribution in [1.29, 1.82) is 0 Å². The van der Waals surface area contributed by atoms with E-state index in [1.807, 2.05) is 0 Å². The Kier molecular flexibility index (Phi) is 4.88. The Labute approximate surface area is 118 Å². The Morgan fingerprint density at radius 3 is 2.45 bits per heavy atom. The third-order valence-electron chi connectivity index (χ3n) is 3.14. The second kappa shape index (κ2) is 5.88. The van der Waals surface area contributed by atoms with Crippen molar-refractivity contribution in [3.8, 4) is 5.75 Å². The topological polar surface area (TPSA) is 75.5 Å². The van der Waals surface area contributed by atoms with Gasteiger partial charge in [-0.1, -0.05) is 17.7 Å². The number of carbonyl (C=O) groups excluding carboxylic acids is 1. The molecule has 0 atom stereocenters. The lowest BCUT2D eigenvalue weighted by molar-refractivity contribution is -0.185. The molecule has 0 spiro atoms. The van der Waals surface area contributed by atoms with Crippen molar-refractivity contribution in [3.05, 3.63) is 28.3 Å². The molecule has 8 heteroatoms. The van der Waals surface area contributed by atoms with Crippen LogP contribution < -0.4 is 6.15 Å². The second-order valence-electron chi connectivity index (χ2n) is 4.32. The lowest BCUT2D eigenvalue weighted by Crippen LogP contribution is -2.42. The van der Waals surface area contributed by atoms with Gasteiger partial charge in [-0.15, -0.1) is 0 Å². The number of fused-ring (bicyclic) bond motifs is 1. The molecule has 0 saturated heterocycles. The number of benzene rings is 1. The van der Waals surface area contributed by atoms with Crippen molar-refractivity contribution in [1.82, 2.24) is 11.1 Å². The predicted molar refractivity (Wildman–Crippen MR) is 68.2 cm³/mol. The summed E-state index contributed by atoms with van der Waals surface area (Å²) in [5.41, 5.74) is 1.24. The van der Waals surface area contributed by atoms with Crippen molar-refractivity contribution >= 4 is 17.5 Å². The van der Waals surface area contributed by atoms with E-state index in [0.29, 0.717) is 5.56 Å². The van der Waals surface area contributed by atoms with E-state index in [1.165, 1.54) is 6.07 Å². The van der Waals surface area contributed by atoms with Gasteiger partial charge in [0, 0.05) is 18.7 Å². The molecule has 0 saturated carbocycles. The molecule has 1 aliphatic rings. The predicted octanol–water partition coefficient (Wildman–Crippen LogP) is 2.70. The number of alkyl halides is 3. The SMILES string of the molecule is N.O=C(N1CCc2ccc(Cl)c(O)c2CC1)C(F)(F)F. The van der Waals surface area contributed by atoms with Crippen LogP contribution in [0.3, 0.4) is 0 Å². The van der Waals surface area contributed by atoms with Gasteiger partial charge in [0.1, 0.15) is 5.75 Å². The van der Waals surface area contributed by atoms with Crippen LogP contribution in [-0.2, 0) is 17.6 Å². The molecule has 0 bridgehead atoms. The van der Waals surface area contributed by atoms with Crippen LogP contribution in [0, 0.1) is 0 Å². The highest BCUT2D eigenvalue weighted by molar-refractivity contribution is 6.32. The Hall–Kier alpha value is -1.47. The molecule has 20 heavy (non-hydrogen) atoms. The average molecular weight is 311 g/mol. The lowest BCUT2D eigenvalue weighted by atomic mass is 10.0. The summed E-state index contributed by atoms with van der Waals surface area (Å²) < 4.78 is 37.1. The Balaban J connectivity index is 0.00000200. The zero-order valence-corrected chi connectivity index (χ0v) is 11.3. The van der Waals surface area contributed by atoms with E-state index in [9.17, 15) is 23.1 Å². The molecule has 2 rings (SSSR count). The van der Waals surface area contributed by atoms with Gasteiger partial charge in [-0.25, -0.2) is 0 Å². The summed E-state index contributed by atoms with van der Waals surface area (Å²) >= 11 is 5.76. The number of phenolic OH excluding ortho intramolecular Hbond substituents is 1. The van der Waals surface area contributed by atoms with Crippen LogP contribution in [0.2, 0.25) is 5.02 Å². The Morgan fingerprint density at radius 1 is 1.25 bits per heavy atom. The average Bonchev–Trinajstić information content (AvgIpc) is 2.54. The minimum absolute atomic E-state index is 0. The molecular formula is C12H14ClF3N2O2. The summed E-state index contributed by atoms with van der Waals surface area (Å²) in [6, 6.07) is 3.16. The second-order valence-corrected chi connectivity index (χ2v) is 4.73. The molecule has 1 amide bonds. The van der Waals surface area contributed by atoms with Crippen LogP contribution in [0.1, 0.15) is 11.1 Å². The van der Waals surface area contributed by atoms with Crippen molar-refractivity contribution in [2.75, 3.05) is 13.1 Å². The third kappa shape index (κ3) is 3.16. The zero-order chi connectivity index (χ0) is 14.2. The first-order chi connectivity index (χ1) is 8.80. The molecule has 1 aliphatic heterocycles. The summed E-state index contributed by atoms with van der Waals surface area (Å²) in [4.78, 5) is 11.9. The van der Waals surface area contributed by atoms with Gasteiger partial charge in [0.05, 0.1) is 5.02 Å². The fourth-order valence-corrected chi connectivity index (χ4v) is 2.34. The van der Waals surface area contributed by atoms with Crippen LogP contribution in [-0.4, -0.2) is 35.2 Å². The van der Waals surface area contributed by atoms with Gasteiger partial charge in [0.25, 0.3) is 0 Å². The van der Waals surface area contributed by atoms with Crippen LogP contribution in [0.4, 0.5) is 13.2 Å². The molecule has 0 fully saturated rings. The van der Waals surface area contributed by atoms with Gasteiger partial charge in [0.15, 0.2) is 0 Å². The molecule has 0 radical (unpaired) electrons. The van der Waals surface area contributed by atoms with Crippen LogP contribution in [0.25, 0.3) is 0 Å². The molecule has 1 aromatic carbocycles. The van der Waals surface area contributed by atoms with Gasteiger partial charge in [-0.3, -0.25) is 4.79 Å². The van der Waals surface area contributed by atoms with Gasteiger partial charge in [-0.05, 0) is 24.5 Å². The highest BCUT2D eigenvalue weighted by Crippen LogP contribution is 2.32. The summed E-state index contributed by atoms with van der Waals surface area (Å²) in [6.07, 6.45) is -4.44. The molecular weight excluding hydrogens is 297 g/mol. The first-order valence-corrected chi connectivity index (χ1v) is 6.04. The van der Waals surface area contributed by atoms with Crippen molar-refractivity contribution in [3.63, 3.8) is 0 Å². The Morgan fingerprint density at radius 2 is 1.85 bits per heavy atom. The maximum absolute atomic E-state index is 12.4. The van der Waals surface area contributed by atoms with Crippen molar-refractivity contribution < 1.29 is 23.1 Å². The van der Waals surface area contributed by atoms with Crippen LogP contribution >= 0.6 is 11.6 Å². The van der Waals surface area contributed by atoms with Crippen LogP contribution in [0.15, 0.2) is 12.1 Å². The standard InChI is InChI=1S/C12H11ClF3NO2.H3N/c13-9-2-1-7-3-5-17(11(19)12(14,15)16)6-4-8(7)10(9)18;/h1-2,18H,3-6H2;1H3. The largest absolute Gasteiger partial charge is 0.506 e. The molecule has 1 aromatic rings. The molecule has 0 aromatic heterocycles. The van der Waals surface area contributed by atoms with Gasteiger partial charge in [-0.2, -0.15) is 13.2 Å². The number of aromatic hydroxyl groups is 1. The van der Waals surface area contributed by atoms with E-state index in [0.717, 1.165) is 10.5 Å². The number of hydrogen-bond acceptors (Lipinski definition) is 3. The number of rotatable bonds is 0. The first-order valence-electron chi connectivity index (χ1n) is 5.66. The van der Waals surface area contributed by atoms with E-state index in [4.69, 9.17) is 11.6 Å². The maximum atomic E-state index is 12.4. The number of carbonyl (C=O) groups is 1. The minimum Gasteiger partial charge on any atom is -0.506 e. The van der Waals surface area contributed by atoms with E-state index >= 15 is 0 Å². The van der Waals surface area contributed by atoms with Crippen molar-refractivity contribution in [2.45, 2.75) is 19.0 Å². The molecule has 112 valence electrons. The molecule has 0 unspecified atom stereocenters. The number of phenols is 1. The third-order valence-corrected chi connectivity index (χ3v) is 3.45. The number of nitrogens with zero attached hydrogens (tertiary/aromatic N) is 1. The minimum atomic E-state index is -4.86. The first kappa shape index (κ1) is 16.6. The van der Waals surface area contributed by atoms with E-state index in [-0.39, 0.29) is 42.9 Å². The van der Waals surface area contributed by atoms with Crippen LogP contribution in [0.5, 0.6) is 5.75 Å². The zero-order valence-electron chi connectivity index (χ0n) is 10.5. The highest BCUT2D eigenvalue weighted by Gasteiger charge is 2.42. The summed E-state index contributed by atoms with van der Waals surface area (Å²) in [5.74, 6) is -1.95. The fourth-order valence-electron chi connectivity index (χ4n) is 2.16. The smallest absolute Gasteiger partial charge is 0.471 e. The molecule has 1 heterocycles. The quantitative estimate of drug-likeness (QED) is 0.773. The van der Waals surface area contributed by atoms with E-state index < -0.39 is 12.1 Å². The van der Waals surface area contributed by atoms with E-state index in [2.05, 4.69) is 0 Å². The maximum Gasteiger partial charge on any atom is 0.471 e. The lowest BCUT2D eigenvalue weighted by Gasteiger charge is -2.21. The number of amides is 1. The summed E-state index contributed by atoms with van der Waals surface area (Å²) in [6.45, 7) is -0.105. The molecule has 4 N–H and O–H groups in total. The summed E-state index contributed by atoms with van der Waals surface area (Å²) in [5, 5.41) is 9.96. The molecule has 4 nitrogen and oxygen atoms in total. The number of halogens is 4. The molecule has 0 aliphatic carbocycles. The van der Waals surface area contributed by atoms with E-state index in [1.54, 1.807) is 6.07 Å². The normalized spacial score (nSPS) is 15.1. The Bertz CT molecular complexity index is 520. The van der Waals surface area contributed by atoms with Gasteiger partial charge < -0.3 is 16.2 Å².